The fourth-order valence-electron chi connectivity index (χ4n) is 0.158. The first-order valence-electron chi connectivity index (χ1n) is 7.51. The molecule has 135 valence electrons. The first kappa shape index (κ1) is 37.4. The Hall–Kier alpha value is 0.104. The molecule has 0 aromatic carbocycles. The van der Waals surface area contributed by atoms with Gasteiger partial charge in [0.2, 0.25) is 0 Å². The summed E-state index contributed by atoms with van der Waals surface area (Å²) in [5.41, 5.74) is 0. The Bertz CT molecular complexity index is 113. The van der Waals surface area contributed by atoms with Crippen molar-refractivity contribution in [2.24, 2.45) is 0 Å². The Morgan fingerprint density at radius 3 is 0.952 bits per heavy atom. The predicted molar refractivity (Wildman–Crippen MR) is 89.2 cm³/mol. The van der Waals surface area contributed by atoms with Gasteiger partial charge in [-0.1, -0.05) is 53.4 Å². The summed E-state index contributed by atoms with van der Waals surface area (Å²) < 4.78 is 16.9. The van der Waals surface area contributed by atoms with Gasteiger partial charge < -0.3 is 32.0 Å². The molecule has 21 heavy (non-hydrogen) atoms. The fraction of sp³-hybridized carbons (Fsp3) is 0.812. The summed E-state index contributed by atoms with van der Waals surface area (Å²) in [7, 11) is 0. The topological polar surface area (TPSA) is 89.4 Å². The number of rotatable bonds is 5. The van der Waals surface area contributed by atoms with Gasteiger partial charge in [-0.15, -0.1) is 0 Å². The van der Waals surface area contributed by atoms with E-state index in [2.05, 4.69) is 48.5 Å². The molecule has 4 N–H and O–H groups in total. The fourth-order valence-corrected chi connectivity index (χ4v) is 0.158. The third-order valence-electron chi connectivity index (χ3n) is 1.57. The van der Waals surface area contributed by atoms with Gasteiger partial charge in [0.1, 0.15) is 0 Å². The Balaban J connectivity index is -0.0000000334. The summed E-state index contributed by atoms with van der Waals surface area (Å²) in [6.07, 6.45) is 8.87. The molecule has 0 saturated carbocycles. The maximum absolute atomic E-state index is 8.47. The van der Waals surface area contributed by atoms with Gasteiger partial charge >= 0.3 is 23.5 Å². The average Bonchev–Trinajstić information content (AvgIpc) is 2.49. The molecule has 0 radical (unpaired) electrons. The van der Waals surface area contributed by atoms with E-state index < -0.39 is 16.2 Å². The van der Waals surface area contributed by atoms with E-state index in [1.165, 1.54) is 19.3 Å². The van der Waals surface area contributed by atoms with Crippen LogP contribution in [0.2, 0.25) is 0 Å². The molecular formula is C16H40NO3V-3. The van der Waals surface area contributed by atoms with Crippen molar-refractivity contribution in [1.29, 1.82) is 0 Å². The van der Waals surface area contributed by atoms with E-state index >= 15 is 0 Å². The number of aliphatic hydroxyl groups excluding tert-OH is 1. The Labute approximate surface area is 141 Å². The molecule has 0 bridgehead atoms. The van der Waals surface area contributed by atoms with Crippen LogP contribution in [0, 0.1) is 20.8 Å². The van der Waals surface area contributed by atoms with Crippen molar-refractivity contribution >= 4 is 0 Å². The van der Waals surface area contributed by atoms with Crippen LogP contribution < -0.4 is 6.15 Å². The summed E-state index contributed by atoms with van der Waals surface area (Å²) in [6, 6.07) is 0. The summed E-state index contributed by atoms with van der Waals surface area (Å²) in [4.78, 5) is 0. The second-order valence-corrected chi connectivity index (χ2v) is 3.95. The van der Waals surface area contributed by atoms with Crippen LogP contribution >= 0.6 is 0 Å². The van der Waals surface area contributed by atoms with E-state index in [-0.39, 0.29) is 6.15 Å². The summed E-state index contributed by atoms with van der Waals surface area (Å²) in [5.74, 6) is 0. The van der Waals surface area contributed by atoms with Gasteiger partial charge in [-0.2, -0.15) is 19.3 Å². The molecular weight excluding hydrogens is 305 g/mol. The van der Waals surface area contributed by atoms with Crippen molar-refractivity contribution in [1.82, 2.24) is 6.15 Å². The van der Waals surface area contributed by atoms with Gasteiger partial charge in [-0.3, -0.25) is 0 Å². The normalized spacial score (nSPS) is 6.67. The van der Waals surface area contributed by atoms with Crippen LogP contribution in [-0.2, 0) is 23.5 Å². The van der Waals surface area contributed by atoms with Gasteiger partial charge in [-0.05, 0) is 6.42 Å². The molecule has 0 aliphatic heterocycles. The molecule has 0 unspecified atom stereocenters. The van der Waals surface area contributed by atoms with E-state index in [9.17, 15) is 0 Å². The van der Waals surface area contributed by atoms with E-state index in [0.29, 0.717) is 6.61 Å². The number of unbranched alkanes of at least 4 members (excludes halogenated alkanes) is 4. The van der Waals surface area contributed by atoms with Crippen LogP contribution in [0.4, 0.5) is 0 Å². The van der Waals surface area contributed by atoms with Gasteiger partial charge in [0.15, 0.2) is 0 Å². The molecule has 5 heteroatoms. The first-order valence-corrected chi connectivity index (χ1v) is 8.65. The summed E-state index contributed by atoms with van der Waals surface area (Å²) >= 11 is -1.81. The van der Waals surface area contributed by atoms with Gasteiger partial charge in [0.25, 0.3) is 0 Å². The zero-order valence-electron chi connectivity index (χ0n) is 14.9. The molecule has 0 aromatic heterocycles. The zero-order chi connectivity index (χ0) is 17.1. The number of aliphatic hydroxyl groups is 1. The van der Waals surface area contributed by atoms with Crippen molar-refractivity contribution in [2.75, 3.05) is 6.61 Å². The second kappa shape index (κ2) is 71.9. The number of hydrogen-bond donors (Lipinski definition) is 2. The van der Waals surface area contributed by atoms with Gasteiger partial charge in [-0.25, -0.2) is 0 Å². The van der Waals surface area contributed by atoms with Crippen molar-refractivity contribution in [3.05, 3.63) is 20.8 Å². The molecule has 0 amide bonds. The van der Waals surface area contributed by atoms with E-state index in [1.54, 1.807) is 0 Å². The molecule has 0 atom stereocenters. The van der Waals surface area contributed by atoms with Crippen LogP contribution in [0.5, 0.6) is 0 Å². The molecule has 0 rings (SSSR count). The predicted octanol–water partition coefficient (Wildman–Crippen LogP) is 5.56. The van der Waals surface area contributed by atoms with Crippen LogP contribution in [0.3, 0.4) is 0 Å². The Kier molecular flexibility index (Phi) is 128. The molecule has 0 spiro atoms. The van der Waals surface area contributed by atoms with Crippen molar-refractivity contribution in [3.8, 4) is 0 Å². The molecule has 0 aliphatic rings. The molecule has 0 saturated heterocycles. The average molecular weight is 345 g/mol. The van der Waals surface area contributed by atoms with Crippen LogP contribution in [0.15, 0.2) is 0 Å². The monoisotopic (exact) mass is 345 g/mol. The molecule has 4 nitrogen and oxygen atoms in total. The van der Waals surface area contributed by atoms with Crippen LogP contribution in [-0.4, -0.2) is 11.7 Å². The summed E-state index contributed by atoms with van der Waals surface area (Å²) in [6.45, 7) is 19.6. The zero-order valence-corrected chi connectivity index (χ0v) is 16.3. The molecule has 0 heterocycles. The summed E-state index contributed by atoms with van der Waals surface area (Å²) in [5, 5.41) is 8.07. The van der Waals surface area contributed by atoms with Gasteiger partial charge in [0, 0.05) is 6.61 Å². The first-order chi connectivity index (χ1) is 9.57. The second-order valence-electron chi connectivity index (χ2n) is 3.71. The van der Waals surface area contributed by atoms with Crippen molar-refractivity contribution in [2.45, 2.75) is 79.1 Å². The molecule has 0 aromatic rings. The third kappa shape index (κ3) is 253. The van der Waals surface area contributed by atoms with Crippen LogP contribution in [0.1, 0.15) is 79.1 Å². The van der Waals surface area contributed by atoms with E-state index in [0.717, 1.165) is 32.1 Å². The maximum atomic E-state index is 8.47. The van der Waals surface area contributed by atoms with Crippen LogP contribution in [0.25, 0.3) is 0 Å². The quantitative estimate of drug-likeness (QED) is 0.638. The number of hydrogen-bond acceptors (Lipinski definition) is 4. The SMILES string of the molecule is CCCCO.N.[CH2-]CCC.[CH2-]CCC.[CH2-]CCC.[O]=[V]=[O]. The van der Waals surface area contributed by atoms with E-state index in [1.807, 2.05) is 0 Å². The minimum absolute atomic E-state index is 0. The van der Waals surface area contributed by atoms with Crippen molar-refractivity contribution < 1.29 is 28.6 Å². The Morgan fingerprint density at radius 1 is 0.762 bits per heavy atom. The third-order valence-corrected chi connectivity index (χ3v) is 1.57. The van der Waals surface area contributed by atoms with Crippen molar-refractivity contribution in [3.63, 3.8) is 0 Å². The van der Waals surface area contributed by atoms with E-state index in [4.69, 9.17) is 12.5 Å². The molecule has 0 fully saturated rings. The van der Waals surface area contributed by atoms with Gasteiger partial charge in [0.05, 0.1) is 0 Å². The minimum atomic E-state index is -1.81. The standard InChI is InChI=1S/C4H10O.3C4H9.H3N.2O.V/c1-2-3-4-5;3*1-3-4-2;;;;/h5H,2-4H2,1H3;3*1,3-4H2,2H3;1H3;;;/q;3*-1;;;;. The molecule has 0 aliphatic carbocycles. The Morgan fingerprint density at radius 2 is 0.952 bits per heavy atom.